The molecule has 0 aliphatic rings. The number of anilines is 2. The van der Waals surface area contributed by atoms with Crippen LogP contribution in [0.2, 0.25) is 5.02 Å². The molecule has 0 fully saturated rings. The lowest BCUT2D eigenvalue weighted by atomic mass is 10.1. The molecule has 2 aromatic carbocycles. The first-order valence-corrected chi connectivity index (χ1v) is 9.15. The maximum atomic E-state index is 6.02. The topological polar surface area (TPSA) is 90.9 Å². The molecular weight excluding hydrogens is 376 g/mol. The molecule has 0 radical (unpaired) electrons. The van der Waals surface area contributed by atoms with Gasteiger partial charge in [0, 0.05) is 53.7 Å². The van der Waals surface area contributed by atoms with Crippen LogP contribution in [0.15, 0.2) is 55.0 Å². The Kier molecular flexibility index (Phi) is 5.10. The van der Waals surface area contributed by atoms with Gasteiger partial charge in [-0.3, -0.25) is 4.68 Å². The highest BCUT2D eigenvalue weighted by molar-refractivity contribution is 6.31. The number of fused-ring (bicyclic) bond motifs is 1. The van der Waals surface area contributed by atoms with Crippen LogP contribution >= 0.6 is 11.6 Å². The third-order valence-electron chi connectivity index (χ3n) is 4.13. The molecule has 0 atom stereocenters. The normalized spacial score (nSPS) is 11.0. The Bertz CT molecular complexity index is 1130. The molecule has 3 N–H and O–H groups in total. The van der Waals surface area contributed by atoms with Crippen molar-refractivity contribution in [1.82, 2.24) is 19.7 Å². The lowest BCUT2D eigenvalue weighted by Crippen LogP contribution is -2.10. The zero-order valence-corrected chi connectivity index (χ0v) is 16.0. The number of halogens is 1. The molecule has 2 aromatic heterocycles. The first kappa shape index (κ1) is 18.2. The van der Waals surface area contributed by atoms with Gasteiger partial charge in [-0.2, -0.15) is 5.10 Å². The lowest BCUT2D eigenvalue weighted by Gasteiger charge is -2.11. The molecule has 4 rings (SSSR count). The van der Waals surface area contributed by atoms with Crippen molar-refractivity contribution < 1.29 is 4.74 Å². The molecule has 0 saturated carbocycles. The number of hydrogen-bond donors (Lipinski definition) is 2. The number of hydrogen-bond acceptors (Lipinski definition) is 6. The van der Waals surface area contributed by atoms with Gasteiger partial charge >= 0.3 is 0 Å². The Morgan fingerprint density at radius 2 is 2.04 bits per heavy atom. The Hall–Kier alpha value is -3.16. The van der Waals surface area contributed by atoms with Crippen molar-refractivity contribution in [3.63, 3.8) is 0 Å². The van der Waals surface area contributed by atoms with Gasteiger partial charge in [-0.05, 0) is 35.9 Å². The summed E-state index contributed by atoms with van der Waals surface area (Å²) in [5.41, 5.74) is 9.14. The van der Waals surface area contributed by atoms with Crippen LogP contribution in [0.5, 0.6) is 5.75 Å². The van der Waals surface area contributed by atoms with Crippen LogP contribution in [0.1, 0.15) is 0 Å². The van der Waals surface area contributed by atoms with Crippen LogP contribution in [0, 0.1) is 0 Å². The van der Waals surface area contributed by atoms with Crippen molar-refractivity contribution in [3.8, 4) is 16.9 Å². The van der Waals surface area contributed by atoms with Gasteiger partial charge in [0.15, 0.2) is 0 Å². The number of nitrogens with two attached hydrogens (primary N) is 1. The van der Waals surface area contributed by atoms with E-state index < -0.39 is 0 Å². The van der Waals surface area contributed by atoms with Crippen molar-refractivity contribution in [2.75, 3.05) is 18.5 Å². The second-order valence-electron chi connectivity index (χ2n) is 6.31. The van der Waals surface area contributed by atoms with E-state index in [-0.39, 0.29) is 0 Å². The van der Waals surface area contributed by atoms with Crippen LogP contribution in [0.3, 0.4) is 0 Å². The average Bonchev–Trinajstić information content (AvgIpc) is 3.13. The molecule has 7 nitrogen and oxygen atoms in total. The van der Waals surface area contributed by atoms with Gasteiger partial charge in [0.25, 0.3) is 0 Å². The summed E-state index contributed by atoms with van der Waals surface area (Å²) in [5, 5.41) is 9.03. The summed E-state index contributed by atoms with van der Waals surface area (Å²) in [4.78, 5) is 8.94. The molecule has 28 heavy (non-hydrogen) atoms. The van der Waals surface area contributed by atoms with E-state index in [2.05, 4.69) is 20.4 Å². The second kappa shape index (κ2) is 7.84. The van der Waals surface area contributed by atoms with Gasteiger partial charge in [-0.15, -0.1) is 0 Å². The van der Waals surface area contributed by atoms with Crippen molar-refractivity contribution in [3.05, 3.63) is 60.0 Å². The summed E-state index contributed by atoms with van der Waals surface area (Å²) >= 11 is 6.02. The zero-order valence-electron chi connectivity index (χ0n) is 15.3. The second-order valence-corrected chi connectivity index (χ2v) is 6.74. The van der Waals surface area contributed by atoms with E-state index in [1.807, 2.05) is 55.8 Å². The fourth-order valence-electron chi connectivity index (χ4n) is 2.86. The van der Waals surface area contributed by atoms with Crippen LogP contribution in [0.25, 0.3) is 22.0 Å². The summed E-state index contributed by atoms with van der Waals surface area (Å²) in [6.07, 6.45) is 5.50. The highest BCUT2D eigenvalue weighted by atomic mass is 35.5. The fraction of sp³-hybridized carbons (Fsp3) is 0.150. The average molecular weight is 395 g/mol. The molecule has 0 amide bonds. The first-order chi connectivity index (χ1) is 13.6. The van der Waals surface area contributed by atoms with Gasteiger partial charge in [0.05, 0.1) is 11.7 Å². The summed E-state index contributed by atoms with van der Waals surface area (Å²) in [5.74, 6) is 1.20. The maximum Gasteiger partial charge on any atom is 0.227 e. The SMILES string of the molecule is Cn1cc(-c2cc(Nc3ncc4cc(Cl)ccc4n3)cc(OCCN)c2)cn1. The Labute approximate surface area is 167 Å². The number of nitrogens with zero attached hydrogens (tertiary/aromatic N) is 4. The van der Waals surface area contributed by atoms with E-state index in [1.54, 1.807) is 10.9 Å². The standard InChI is InChI=1S/C20H19ClN6O/c1-27-12-15(11-24-27)13-7-17(9-18(8-13)28-5-4-22)25-20-23-10-14-6-16(21)2-3-19(14)26-20/h2-3,6-12H,4-5,22H2,1H3,(H,23,25,26). The molecular formula is C20H19ClN6O. The van der Waals surface area contributed by atoms with E-state index in [1.165, 1.54) is 0 Å². The van der Waals surface area contributed by atoms with Crippen LogP contribution < -0.4 is 15.8 Å². The summed E-state index contributed by atoms with van der Waals surface area (Å²) in [6, 6.07) is 11.4. The largest absolute Gasteiger partial charge is 0.492 e. The van der Waals surface area contributed by atoms with Crippen molar-refractivity contribution in [2.24, 2.45) is 12.8 Å². The smallest absolute Gasteiger partial charge is 0.227 e. The highest BCUT2D eigenvalue weighted by Crippen LogP contribution is 2.30. The number of aromatic nitrogens is 4. The van der Waals surface area contributed by atoms with Crippen molar-refractivity contribution in [2.45, 2.75) is 0 Å². The van der Waals surface area contributed by atoms with Crippen molar-refractivity contribution >= 4 is 34.1 Å². The molecule has 0 spiro atoms. The molecule has 4 aromatic rings. The zero-order chi connectivity index (χ0) is 19.5. The van der Waals surface area contributed by atoms with Crippen LogP contribution in [0.4, 0.5) is 11.6 Å². The Morgan fingerprint density at radius 1 is 1.14 bits per heavy atom. The monoisotopic (exact) mass is 394 g/mol. The van der Waals surface area contributed by atoms with Crippen molar-refractivity contribution in [1.29, 1.82) is 0 Å². The molecule has 0 saturated heterocycles. The quantitative estimate of drug-likeness (QED) is 0.517. The molecule has 0 unspecified atom stereocenters. The Balaban J connectivity index is 1.68. The van der Waals surface area contributed by atoms with E-state index in [9.17, 15) is 0 Å². The third kappa shape index (κ3) is 4.05. The van der Waals surface area contributed by atoms with Gasteiger partial charge in [0.1, 0.15) is 12.4 Å². The number of aryl methyl sites for hydroxylation is 1. The fourth-order valence-corrected chi connectivity index (χ4v) is 3.04. The molecule has 2 heterocycles. The lowest BCUT2D eigenvalue weighted by molar-refractivity contribution is 0.328. The minimum atomic E-state index is 0.434. The summed E-state index contributed by atoms with van der Waals surface area (Å²) in [6.45, 7) is 0.874. The summed E-state index contributed by atoms with van der Waals surface area (Å²) < 4.78 is 7.50. The van der Waals surface area contributed by atoms with E-state index in [0.717, 1.165) is 27.7 Å². The van der Waals surface area contributed by atoms with Gasteiger partial charge < -0.3 is 15.8 Å². The molecule has 8 heteroatoms. The van der Waals surface area contributed by atoms with Crippen LogP contribution in [-0.4, -0.2) is 32.9 Å². The predicted molar refractivity (Wildman–Crippen MR) is 111 cm³/mol. The number of ether oxygens (including phenoxy) is 1. The predicted octanol–water partition coefficient (Wildman–Crippen LogP) is 3.76. The molecule has 142 valence electrons. The van der Waals surface area contributed by atoms with E-state index >= 15 is 0 Å². The number of nitrogens with one attached hydrogen (secondary N) is 1. The van der Waals surface area contributed by atoms with E-state index in [0.29, 0.717) is 29.9 Å². The number of rotatable bonds is 6. The molecule has 0 aliphatic carbocycles. The minimum Gasteiger partial charge on any atom is -0.492 e. The van der Waals surface area contributed by atoms with Gasteiger partial charge in [-0.1, -0.05) is 11.6 Å². The first-order valence-electron chi connectivity index (χ1n) is 8.77. The van der Waals surface area contributed by atoms with E-state index in [4.69, 9.17) is 22.1 Å². The molecule has 0 bridgehead atoms. The number of benzene rings is 2. The highest BCUT2D eigenvalue weighted by Gasteiger charge is 2.08. The minimum absolute atomic E-state index is 0.434. The summed E-state index contributed by atoms with van der Waals surface area (Å²) in [7, 11) is 1.88. The molecule has 0 aliphatic heterocycles. The Morgan fingerprint density at radius 3 is 2.82 bits per heavy atom. The van der Waals surface area contributed by atoms with Crippen LogP contribution in [-0.2, 0) is 7.05 Å². The maximum absolute atomic E-state index is 6.02. The van der Waals surface area contributed by atoms with Gasteiger partial charge in [0.2, 0.25) is 5.95 Å². The van der Waals surface area contributed by atoms with Gasteiger partial charge in [-0.25, -0.2) is 9.97 Å². The third-order valence-corrected chi connectivity index (χ3v) is 4.36.